The van der Waals surface area contributed by atoms with Crippen LogP contribution in [0, 0.1) is 5.82 Å². The van der Waals surface area contributed by atoms with Gasteiger partial charge in [-0.2, -0.15) is 13.2 Å². The number of hydrogen-bond donors (Lipinski definition) is 1. The zero-order chi connectivity index (χ0) is 31.8. The number of rotatable bonds is 13. The van der Waals surface area contributed by atoms with Crippen molar-refractivity contribution in [2.75, 3.05) is 23.7 Å². The molecule has 0 aliphatic carbocycles. The quantitative estimate of drug-likeness (QED) is 0.188. The third-order valence-corrected chi connectivity index (χ3v) is 8.03. The van der Waals surface area contributed by atoms with Crippen molar-refractivity contribution in [1.82, 2.24) is 10.2 Å². The molecule has 13 heteroatoms. The highest BCUT2D eigenvalue weighted by Gasteiger charge is 2.35. The number of alkyl halides is 3. The van der Waals surface area contributed by atoms with Crippen LogP contribution in [0.4, 0.5) is 23.2 Å². The Bertz CT molecular complexity index is 1500. The summed E-state index contributed by atoms with van der Waals surface area (Å²) in [6.07, 6.45) is -2.55. The second kappa shape index (κ2) is 14.7. The molecule has 1 N–H and O–H groups in total. The number of anilines is 1. The highest BCUT2D eigenvalue weighted by Crippen LogP contribution is 2.36. The van der Waals surface area contributed by atoms with Crippen LogP contribution in [0.1, 0.15) is 36.5 Å². The van der Waals surface area contributed by atoms with E-state index in [1.54, 1.807) is 30.3 Å². The molecule has 7 nitrogen and oxygen atoms in total. The number of benzene rings is 3. The van der Waals surface area contributed by atoms with Gasteiger partial charge in [-0.1, -0.05) is 67.4 Å². The summed E-state index contributed by atoms with van der Waals surface area (Å²) < 4.78 is 80.4. The zero-order valence-corrected chi connectivity index (χ0v) is 25.1. The summed E-state index contributed by atoms with van der Waals surface area (Å²) in [6.45, 7) is 1.10. The first-order chi connectivity index (χ1) is 20.2. The van der Waals surface area contributed by atoms with Crippen molar-refractivity contribution >= 4 is 39.1 Å². The van der Waals surface area contributed by atoms with Gasteiger partial charge in [0.05, 0.1) is 22.5 Å². The Balaban J connectivity index is 2.09. The monoisotopic (exact) mass is 641 g/mol. The van der Waals surface area contributed by atoms with Gasteiger partial charge in [0, 0.05) is 19.5 Å². The topological polar surface area (TPSA) is 86.8 Å². The van der Waals surface area contributed by atoms with Crippen molar-refractivity contribution in [1.29, 1.82) is 0 Å². The summed E-state index contributed by atoms with van der Waals surface area (Å²) in [7, 11) is -4.35. The standard InChI is InChI=1S/C30H32ClF4N3O4S/c1-3-4-16-36-29(40)27(17-21-8-6-5-7-9-21)37(19-22-10-13-24(32)14-11-22)28(39)20-38(43(2,41)42)26-18-23(30(33,34)35)12-15-25(26)31/h5-15,18,27H,3-4,16-17,19-20H2,1-2H3,(H,36,40). The van der Waals surface area contributed by atoms with Crippen LogP contribution in [0.25, 0.3) is 0 Å². The lowest BCUT2D eigenvalue weighted by molar-refractivity contribution is -0.140. The average Bonchev–Trinajstić information content (AvgIpc) is 2.94. The van der Waals surface area contributed by atoms with Crippen LogP contribution in [0.5, 0.6) is 0 Å². The van der Waals surface area contributed by atoms with E-state index in [0.717, 1.165) is 23.6 Å². The van der Waals surface area contributed by atoms with Crippen LogP contribution >= 0.6 is 11.6 Å². The minimum atomic E-state index is -4.81. The second-order valence-corrected chi connectivity index (χ2v) is 12.2. The van der Waals surface area contributed by atoms with E-state index in [1.165, 1.54) is 24.3 Å². The highest BCUT2D eigenvalue weighted by molar-refractivity contribution is 7.92. The molecule has 232 valence electrons. The summed E-state index contributed by atoms with van der Waals surface area (Å²) in [4.78, 5) is 28.7. The first kappa shape index (κ1) is 33.9. The Morgan fingerprint density at radius 1 is 0.977 bits per heavy atom. The summed E-state index contributed by atoms with van der Waals surface area (Å²) in [5.41, 5.74) is -0.553. The van der Waals surface area contributed by atoms with Crippen molar-refractivity contribution < 1.29 is 35.6 Å². The lowest BCUT2D eigenvalue weighted by Gasteiger charge is -2.33. The van der Waals surface area contributed by atoms with Gasteiger partial charge in [-0.15, -0.1) is 0 Å². The molecule has 0 saturated heterocycles. The van der Waals surface area contributed by atoms with Crippen molar-refractivity contribution in [2.45, 2.75) is 44.9 Å². The summed E-state index contributed by atoms with van der Waals surface area (Å²) in [5.74, 6) is -1.91. The van der Waals surface area contributed by atoms with Gasteiger partial charge in [0.25, 0.3) is 0 Å². The van der Waals surface area contributed by atoms with Crippen molar-refractivity contribution in [3.05, 3.63) is 100 Å². The number of amides is 2. The first-order valence-electron chi connectivity index (χ1n) is 13.4. The minimum Gasteiger partial charge on any atom is -0.354 e. The van der Waals surface area contributed by atoms with Crippen LogP contribution in [0.15, 0.2) is 72.8 Å². The Morgan fingerprint density at radius 3 is 2.21 bits per heavy atom. The molecule has 2 amide bonds. The van der Waals surface area contributed by atoms with E-state index in [4.69, 9.17) is 11.6 Å². The fraction of sp³-hybridized carbons (Fsp3) is 0.333. The minimum absolute atomic E-state index is 0.0505. The molecule has 0 heterocycles. The van der Waals surface area contributed by atoms with E-state index in [0.29, 0.717) is 40.5 Å². The summed E-state index contributed by atoms with van der Waals surface area (Å²) >= 11 is 6.15. The fourth-order valence-corrected chi connectivity index (χ4v) is 5.44. The summed E-state index contributed by atoms with van der Waals surface area (Å²) in [6, 6.07) is 15.0. The van der Waals surface area contributed by atoms with Crippen LogP contribution in [0.3, 0.4) is 0 Å². The van der Waals surface area contributed by atoms with Crippen LogP contribution in [-0.2, 0) is 38.8 Å². The highest BCUT2D eigenvalue weighted by atomic mass is 35.5. The van der Waals surface area contributed by atoms with Crippen LogP contribution in [0.2, 0.25) is 5.02 Å². The first-order valence-corrected chi connectivity index (χ1v) is 15.6. The molecule has 3 rings (SSSR count). The van der Waals surface area contributed by atoms with Crippen LogP contribution < -0.4 is 9.62 Å². The van der Waals surface area contributed by atoms with E-state index in [1.807, 2.05) is 6.92 Å². The molecule has 0 bridgehead atoms. The summed E-state index contributed by atoms with van der Waals surface area (Å²) in [5, 5.41) is 2.49. The van der Waals surface area contributed by atoms with Gasteiger partial charge in [-0.05, 0) is 47.9 Å². The molecule has 3 aromatic carbocycles. The largest absolute Gasteiger partial charge is 0.416 e. The molecule has 0 spiro atoms. The van der Waals surface area contributed by atoms with Gasteiger partial charge in [0.15, 0.2) is 0 Å². The van der Waals surface area contributed by atoms with E-state index in [2.05, 4.69) is 5.32 Å². The SMILES string of the molecule is CCCCNC(=O)C(Cc1ccccc1)N(Cc1ccc(F)cc1)C(=O)CN(c1cc(C(F)(F)F)ccc1Cl)S(C)(=O)=O. The number of carbonyl (C=O) groups is 2. The number of halogens is 5. The maximum atomic E-state index is 14.0. The Kier molecular flexibility index (Phi) is 11.6. The lowest BCUT2D eigenvalue weighted by atomic mass is 10.0. The van der Waals surface area contributed by atoms with E-state index in [-0.39, 0.29) is 18.0 Å². The molecule has 3 aromatic rings. The lowest BCUT2D eigenvalue weighted by Crippen LogP contribution is -2.53. The second-order valence-electron chi connectivity index (χ2n) is 9.93. The molecule has 0 fully saturated rings. The van der Waals surface area contributed by atoms with Crippen molar-refractivity contribution in [3.8, 4) is 0 Å². The van der Waals surface area contributed by atoms with Gasteiger partial charge < -0.3 is 10.2 Å². The van der Waals surface area contributed by atoms with E-state index < -0.39 is 57.7 Å². The molecule has 0 aliphatic heterocycles. The van der Waals surface area contributed by atoms with Crippen molar-refractivity contribution in [3.63, 3.8) is 0 Å². The van der Waals surface area contributed by atoms with E-state index >= 15 is 0 Å². The third kappa shape index (κ3) is 9.69. The number of sulfonamides is 1. The molecule has 0 aliphatic rings. The average molecular weight is 642 g/mol. The number of nitrogens with one attached hydrogen (secondary N) is 1. The molecule has 0 radical (unpaired) electrons. The predicted octanol–water partition coefficient (Wildman–Crippen LogP) is 5.82. The van der Waals surface area contributed by atoms with Crippen LogP contribution in [-0.4, -0.2) is 50.5 Å². The predicted molar refractivity (Wildman–Crippen MR) is 157 cm³/mol. The van der Waals surface area contributed by atoms with Gasteiger partial charge >= 0.3 is 6.18 Å². The molecule has 43 heavy (non-hydrogen) atoms. The molecule has 0 saturated carbocycles. The van der Waals surface area contributed by atoms with Crippen molar-refractivity contribution in [2.24, 2.45) is 0 Å². The maximum absolute atomic E-state index is 14.0. The normalized spacial score (nSPS) is 12.4. The van der Waals surface area contributed by atoms with Gasteiger partial charge in [-0.3, -0.25) is 13.9 Å². The smallest absolute Gasteiger partial charge is 0.354 e. The Hall–Kier alpha value is -3.64. The molecular formula is C30H32ClF4N3O4S. The molecule has 1 unspecified atom stereocenters. The van der Waals surface area contributed by atoms with Gasteiger partial charge in [-0.25, -0.2) is 12.8 Å². The van der Waals surface area contributed by atoms with Gasteiger partial charge in [0.1, 0.15) is 18.4 Å². The number of unbranched alkanes of at least 4 members (excludes halogenated alkanes) is 1. The molecule has 0 aromatic heterocycles. The molecular weight excluding hydrogens is 610 g/mol. The third-order valence-electron chi connectivity index (χ3n) is 6.59. The Labute approximate surface area is 253 Å². The Morgan fingerprint density at radius 2 is 1.63 bits per heavy atom. The number of nitrogens with zero attached hydrogens (tertiary/aromatic N) is 2. The zero-order valence-electron chi connectivity index (χ0n) is 23.6. The maximum Gasteiger partial charge on any atom is 0.416 e. The van der Waals surface area contributed by atoms with E-state index in [9.17, 15) is 35.6 Å². The number of hydrogen-bond acceptors (Lipinski definition) is 4. The molecule has 1 atom stereocenters. The van der Waals surface area contributed by atoms with Gasteiger partial charge in [0.2, 0.25) is 21.8 Å². The number of carbonyl (C=O) groups excluding carboxylic acids is 2. The fourth-order valence-electron chi connectivity index (χ4n) is 4.32.